The van der Waals surface area contributed by atoms with Crippen molar-refractivity contribution in [1.82, 2.24) is 5.32 Å². The number of methoxy groups -OCH3 is 1. The minimum absolute atomic E-state index is 0.0135. The Morgan fingerprint density at radius 3 is 2.53 bits per heavy atom. The molecule has 1 fully saturated rings. The smallest absolute Gasteiger partial charge is 0.339 e. The molecule has 0 saturated heterocycles. The van der Waals surface area contributed by atoms with Crippen molar-refractivity contribution < 1.29 is 19.1 Å². The average molecular weight is 441 g/mol. The quantitative estimate of drug-likeness (QED) is 0.168. The molecule has 0 aromatic heterocycles. The number of hydrogen-bond donors (Lipinski definition) is 3. The molecular weight excluding hydrogens is 408 g/mol. The fourth-order valence-corrected chi connectivity index (χ4v) is 3.06. The van der Waals surface area contributed by atoms with Crippen LogP contribution in [0.5, 0.6) is 5.75 Å². The molecule has 0 radical (unpaired) electrons. The molecule has 2 rings (SSSR count). The zero-order valence-corrected chi connectivity index (χ0v) is 19.4. The summed E-state index contributed by atoms with van der Waals surface area (Å²) in [4.78, 5) is 29.2. The maximum Gasteiger partial charge on any atom is 0.339 e. The van der Waals surface area contributed by atoms with Gasteiger partial charge in [0.15, 0.2) is 5.75 Å². The third kappa shape index (κ3) is 6.54. The van der Waals surface area contributed by atoms with E-state index in [0.29, 0.717) is 46.2 Å². The normalized spacial score (nSPS) is 14.6. The number of rotatable bonds is 10. The number of allylic oxidation sites excluding steroid dienone is 1. The minimum atomic E-state index is -0.490. The van der Waals surface area contributed by atoms with Gasteiger partial charge in [0.25, 0.3) is 0 Å². The van der Waals surface area contributed by atoms with Crippen LogP contribution in [0.25, 0.3) is 0 Å². The molecule has 1 aliphatic rings. The molecule has 0 atom stereocenters. The number of hydrogen-bond acceptors (Lipinski definition) is 7. The lowest BCUT2D eigenvalue weighted by atomic mass is 10.1. The Balaban J connectivity index is 2.54. The molecule has 3 N–H and O–H groups in total. The lowest BCUT2D eigenvalue weighted by Gasteiger charge is -2.19. The van der Waals surface area contributed by atoms with E-state index in [1.165, 1.54) is 7.11 Å². The number of amides is 1. The highest BCUT2D eigenvalue weighted by Crippen LogP contribution is 2.32. The van der Waals surface area contributed by atoms with Gasteiger partial charge in [-0.15, -0.1) is 0 Å². The summed E-state index contributed by atoms with van der Waals surface area (Å²) in [5.74, 6) is 0.240. The monoisotopic (exact) mass is 440 g/mol. The molecule has 0 aliphatic heterocycles. The summed E-state index contributed by atoms with van der Waals surface area (Å²) in [6.07, 6.45) is 5.70. The third-order valence-corrected chi connectivity index (χ3v) is 4.81. The predicted molar refractivity (Wildman–Crippen MR) is 126 cm³/mol. The van der Waals surface area contributed by atoms with E-state index in [2.05, 4.69) is 15.6 Å². The van der Waals surface area contributed by atoms with Crippen LogP contribution in [0.15, 0.2) is 46.6 Å². The van der Waals surface area contributed by atoms with Crippen molar-refractivity contribution in [2.75, 3.05) is 26.1 Å². The maximum atomic E-state index is 12.7. The lowest BCUT2D eigenvalue weighted by Crippen LogP contribution is -2.31. The standard InChI is InChI=1S/C24H32N4O4/c1-6-9-18(24(30)32-7-2)20(14-21(26-4)28-23(29)16-12-13-16)27-19-11-8-10-17(15(3)25)22(19)31-5/h8-11,14,16,25,27H,6-7,12-13H2,1-5H3,(H,26,28,29)/b18-9-,20-14+,25-15?. The van der Waals surface area contributed by atoms with Gasteiger partial charge in [-0.25, -0.2) is 4.79 Å². The molecule has 1 amide bonds. The van der Waals surface area contributed by atoms with E-state index in [0.717, 1.165) is 12.8 Å². The van der Waals surface area contributed by atoms with Crippen molar-refractivity contribution in [2.24, 2.45) is 10.9 Å². The SMILES string of the molecule is CC/C=C(C(=O)OCC)/C(=C\C(=NC)NC(=O)C1CC1)Nc1cccc(C(C)=N)c1OC. The number of benzene rings is 1. The second kappa shape index (κ2) is 11.8. The summed E-state index contributed by atoms with van der Waals surface area (Å²) in [7, 11) is 3.10. The number of carbonyl (C=O) groups excluding carboxylic acids is 2. The first-order chi connectivity index (χ1) is 15.4. The van der Waals surface area contributed by atoms with Crippen LogP contribution in [0.1, 0.15) is 45.6 Å². The molecule has 1 aliphatic carbocycles. The molecule has 172 valence electrons. The first-order valence-electron chi connectivity index (χ1n) is 10.7. The molecule has 1 saturated carbocycles. The molecule has 1 aromatic rings. The Morgan fingerprint density at radius 2 is 2.00 bits per heavy atom. The van der Waals surface area contributed by atoms with Crippen LogP contribution in [0, 0.1) is 11.3 Å². The summed E-state index contributed by atoms with van der Waals surface area (Å²) in [6.45, 7) is 5.56. The van der Waals surface area contributed by atoms with Crippen molar-refractivity contribution in [2.45, 2.75) is 40.0 Å². The van der Waals surface area contributed by atoms with Crippen molar-refractivity contribution in [3.05, 3.63) is 47.2 Å². The average Bonchev–Trinajstić information content (AvgIpc) is 3.61. The highest BCUT2D eigenvalue weighted by molar-refractivity contribution is 6.08. The van der Waals surface area contributed by atoms with E-state index in [9.17, 15) is 9.59 Å². The van der Waals surface area contributed by atoms with Crippen LogP contribution in [0.4, 0.5) is 5.69 Å². The fourth-order valence-electron chi connectivity index (χ4n) is 3.06. The minimum Gasteiger partial charge on any atom is -0.494 e. The van der Waals surface area contributed by atoms with E-state index in [-0.39, 0.29) is 18.4 Å². The van der Waals surface area contributed by atoms with Crippen molar-refractivity contribution in [3.63, 3.8) is 0 Å². The lowest BCUT2D eigenvalue weighted by molar-refractivity contribution is -0.138. The van der Waals surface area contributed by atoms with E-state index >= 15 is 0 Å². The number of carbonyl (C=O) groups is 2. The van der Waals surface area contributed by atoms with Crippen molar-refractivity contribution in [3.8, 4) is 5.75 Å². The fraction of sp³-hybridized carbons (Fsp3) is 0.417. The van der Waals surface area contributed by atoms with Gasteiger partial charge in [-0.3, -0.25) is 9.79 Å². The molecule has 32 heavy (non-hydrogen) atoms. The van der Waals surface area contributed by atoms with Gasteiger partial charge in [0, 0.05) is 30.3 Å². The highest BCUT2D eigenvalue weighted by atomic mass is 16.5. The third-order valence-electron chi connectivity index (χ3n) is 4.81. The molecule has 8 nitrogen and oxygen atoms in total. The topological polar surface area (TPSA) is 113 Å². The van der Waals surface area contributed by atoms with Gasteiger partial charge >= 0.3 is 5.97 Å². The Morgan fingerprint density at radius 1 is 1.28 bits per heavy atom. The number of para-hydroxylation sites is 1. The van der Waals surface area contributed by atoms with Gasteiger partial charge in [0.05, 0.1) is 30.7 Å². The van der Waals surface area contributed by atoms with Gasteiger partial charge in [-0.2, -0.15) is 0 Å². The number of ether oxygens (including phenoxy) is 2. The second-order valence-electron chi connectivity index (χ2n) is 7.31. The molecule has 0 unspecified atom stereocenters. The molecule has 0 spiro atoms. The largest absolute Gasteiger partial charge is 0.494 e. The van der Waals surface area contributed by atoms with Crippen LogP contribution < -0.4 is 15.4 Å². The van der Waals surface area contributed by atoms with Crippen molar-refractivity contribution in [1.29, 1.82) is 5.41 Å². The Labute approximate surface area is 189 Å². The molecule has 1 aromatic carbocycles. The van der Waals surface area contributed by atoms with E-state index in [1.807, 2.05) is 6.92 Å². The zero-order valence-electron chi connectivity index (χ0n) is 19.4. The Kier molecular flexibility index (Phi) is 9.19. The summed E-state index contributed by atoms with van der Waals surface area (Å²) in [5.41, 5.74) is 2.26. The predicted octanol–water partition coefficient (Wildman–Crippen LogP) is 3.83. The number of aliphatic imine (C=N–C) groups is 1. The first-order valence-corrected chi connectivity index (χ1v) is 10.7. The van der Waals surface area contributed by atoms with Crippen LogP contribution in [-0.4, -0.2) is 44.2 Å². The van der Waals surface area contributed by atoms with Gasteiger partial charge in [-0.1, -0.05) is 19.1 Å². The number of anilines is 1. The van der Waals surface area contributed by atoms with Gasteiger partial charge in [0.2, 0.25) is 5.91 Å². The van der Waals surface area contributed by atoms with Crippen LogP contribution in [0.2, 0.25) is 0 Å². The highest BCUT2D eigenvalue weighted by Gasteiger charge is 2.30. The second-order valence-corrected chi connectivity index (χ2v) is 7.31. The number of amidine groups is 1. The number of esters is 1. The first kappa shape index (κ1) is 24.8. The maximum absolute atomic E-state index is 12.7. The Hall–Kier alpha value is -3.42. The Bertz CT molecular complexity index is 959. The summed E-state index contributed by atoms with van der Waals surface area (Å²) >= 11 is 0. The summed E-state index contributed by atoms with van der Waals surface area (Å²) < 4.78 is 10.8. The molecule has 8 heteroatoms. The summed E-state index contributed by atoms with van der Waals surface area (Å²) in [6, 6.07) is 5.38. The van der Waals surface area contributed by atoms with Gasteiger partial charge in [0.1, 0.15) is 5.84 Å². The van der Waals surface area contributed by atoms with Crippen molar-refractivity contribution >= 4 is 29.1 Å². The summed E-state index contributed by atoms with van der Waals surface area (Å²) in [5, 5.41) is 14.1. The number of nitrogens with zero attached hydrogens (tertiary/aromatic N) is 1. The number of nitrogens with one attached hydrogen (secondary N) is 3. The van der Waals surface area contributed by atoms with Gasteiger partial charge in [-0.05, 0) is 45.2 Å². The van der Waals surface area contributed by atoms with E-state index < -0.39 is 5.97 Å². The van der Waals surface area contributed by atoms with E-state index in [1.54, 1.807) is 51.2 Å². The van der Waals surface area contributed by atoms with Gasteiger partial charge < -0.3 is 25.5 Å². The van der Waals surface area contributed by atoms with Crippen LogP contribution >= 0.6 is 0 Å². The van der Waals surface area contributed by atoms with E-state index in [4.69, 9.17) is 14.9 Å². The van der Waals surface area contributed by atoms with Crippen LogP contribution in [-0.2, 0) is 14.3 Å². The molecule has 0 bridgehead atoms. The van der Waals surface area contributed by atoms with Crippen LogP contribution in [0.3, 0.4) is 0 Å². The molecular formula is C24H32N4O4. The zero-order chi connectivity index (χ0) is 23.7. The molecule has 0 heterocycles.